The van der Waals surface area contributed by atoms with E-state index in [0.29, 0.717) is 19.4 Å². The Bertz CT molecular complexity index is 1660. The zero-order chi connectivity index (χ0) is 70.1. The summed E-state index contributed by atoms with van der Waals surface area (Å²) >= 11 is 0. The fourth-order valence-electron chi connectivity index (χ4n) is 14.1. The molecule has 0 aromatic heterocycles. The summed E-state index contributed by atoms with van der Waals surface area (Å²) in [6, 6.07) is -0.806. The van der Waals surface area contributed by atoms with Crippen molar-refractivity contribution in [3.63, 3.8) is 0 Å². The molecule has 1 saturated heterocycles. The Morgan fingerprint density at radius 3 is 0.990 bits per heavy atom. The Balaban J connectivity index is 1.84. The molecule has 7 atom stereocenters. The molecule has 97 heavy (non-hydrogen) atoms. The summed E-state index contributed by atoms with van der Waals surface area (Å²) in [6.07, 6.45) is 88.2. The molecule has 574 valence electrons. The summed E-state index contributed by atoms with van der Waals surface area (Å²) in [5.74, 6) is -0.153. The van der Waals surface area contributed by atoms with Crippen LogP contribution in [0.4, 0.5) is 0 Å². The summed E-state index contributed by atoms with van der Waals surface area (Å²) in [4.78, 5) is 25.2. The number of rotatable bonds is 78. The van der Waals surface area contributed by atoms with E-state index in [1.54, 1.807) is 6.08 Å². The van der Waals surface area contributed by atoms with E-state index in [1.165, 1.54) is 372 Å². The lowest BCUT2D eigenvalue weighted by Crippen LogP contribution is -2.60. The van der Waals surface area contributed by atoms with Crippen molar-refractivity contribution < 1.29 is 49.3 Å². The fourth-order valence-corrected chi connectivity index (χ4v) is 14.1. The van der Waals surface area contributed by atoms with Gasteiger partial charge in [0.05, 0.1) is 32.0 Å². The maximum atomic E-state index is 13.1. The average molecular weight is 1370 g/mol. The van der Waals surface area contributed by atoms with Crippen LogP contribution < -0.4 is 5.32 Å². The summed E-state index contributed by atoms with van der Waals surface area (Å²) in [7, 11) is 0. The Hall–Kier alpha value is -1.86. The molecule has 7 unspecified atom stereocenters. The number of aliphatic hydroxyl groups is 5. The zero-order valence-electron chi connectivity index (χ0n) is 64.3. The third kappa shape index (κ3) is 63.6. The smallest absolute Gasteiger partial charge is 0.305 e. The van der Waals surface area contributed by atoms with Crippen LogP contribution in [0, 0.1) is 0 Å². The number of nitrogens with one attached hydrogen (secondary N) is 1. The molecular formula is C86H165NO10. The maximum Gasteiger partial charge on any atom is 0.305 e. The van der Waals surface area contributed by atoms with E-state index in [1.807, 2.05) is 6.08 Å². The van der Waals surface area contributed by atoms with Crippen molar-refractivity contribution in [2.45, 2.75) is 493 Å². The van der Waals surface area contributed by atoms with Crippen LogP contribution in [0.5, 0.6) is 0 Å². The van der Waals surface area contributed by atoms with Gasteiger partial charge in [0, 0.05) is 12.8 Å². The van der Waals surface area contributed by atoms with Crippen LogP contribution in [-0.4, -0.2) is 100 Å². The number of esters is 1. The van der Waals surface area contributed by atoms with Gasteiger partial charge in [-0.1, -0.05) is 404 Å². The number of allylic oxidation sites excluding steroid dienone is 3. The van der Waals surface area contributed by atoms with E-state index >= 15 is 0 Å². The molecule has 1 heterocycles. The van der Waals surface area contributed by atoms with Crippen molar-refractivity contribution in [2.75, 3.05) is 19.8 Å². The van der Waals surface area contributed by atoms with Crippen LogP contribution >= 0.6 is 0 Å². The second-order valence-corrected chi connectivity index (χ2v) is 30.2. The monoisotopic (exact) mass is 1370 g/mol. The first-order chi connectivity index (χ1) is 47.7. The number of carbonyl (C=O) groups excluding carboxylic acids is 2. The van der Waals surface area contributed by atoms with Gasteiger partial charge in [-0.2, -0.15) is 0 Å². The number of carbonyl (C=O) groups is 2. The van der Waals surface area contributed by atoms with Crippen molar-refractivity contribution in [1.82, 2.24) is 5.32 Å². The Morgan fingerprint density at radius 1 is 0.371 bits per heavy atom. The minimum Gasteiger partial charge on any atom is -0.466 e. The van der Waals surface area contributed by atoms with Gasteiger partial charge >= 0.3 is 5.97 Å². The molecule has 11 nitrogen and oxygen atoms in total. The maximum absolute atomic E-state index is 13.1. The van der Waals surface area contributed by atoms with E-state index in [0.717, 1.165) is 51.4 Å². The third-order valence-corrected chi connectivity index (χ3v) is 20.8. The normalized spacial score (nSPS) is 17.3. The zero-order valence-corrected chi connectivity index (χ0v) is 64.3. The molecule has 1 rings (SSSR count). The third-order valence-electron chi connectivity index (χ3n) is 20.8. The number of unbranched alkanes of at least 4 members (excludes halogenated alkanes) is 62. The molecular weight excluding hydrogens is 1210 g/mol. The molecule has 0 aromatic rings. The van der Waals surface area contributed by atoms with E-state index in [9.17, 15) is 35.1 Å². The lowest BCUT2D eigenvalue weighted by Gasteiger charge is -2.40. The molecule has 1 amide bonds. The average Bonchev–Trinajstić information content (AvgIpc) is 0.869. The van der Waals surface area contributed by atoms with Crippen LogP contribution in [0.2, 0.25) is 0 Å². The van der Waals surface area contributed by atoms with Gasteiger partial charge in [-0.3, -0.25) is 9.59 Å². The van der Waals surface area contributed by atoms with Gasteiger partial charge in [0.15, 0.2) is 6.29 Å². The van der Waals surface area contributed by atoms with Gasteiger partial charge in [-0.25, -0.2) is 0 Å². The molecule has 0 aromatic carbocycles. The quantitative estimate of drug-likeness (QED) is 0.0195. The first kappa shape index (κ1) is 93.2. The number of aliphatic hydroxyl groups excluding tert-OH is 5. The fraction of sp³-hybridized carbons (Fsp3) is 0.930. The van der Waals surface area contributed by atoms with Crippen LogP contribution in [0.25, 0.3) is 0 Å². The van der Waals surface area contributed by atoms with Crippen molar-refractivity contribution in [3.05, 3.63) is 24.3 Å². The van der Waals surface area contributed by atoms with Gasteiger partial charge in [0.25, 0.3) is 0 Å². The largest absolute Gasteiger partial charge is 0.466 e. The Labute approximate surface area is 601 Å². The molecule has 6 N–H and O–H groups in total. The molecule has 0 aliphatic carbocycles. The molecule has 1 aliphatic rings. The highest BCUT2D eigenvalue weighted by atomic mass is 16.7. The molecule has 0 bridgehead atoms. The first-order valence-electron chi connectivity index (χ1n) is 43.1. The molecule has 0 radical (unpaired) electrons. The Kier molecular flexibility index (Phi) is 72.3. The first-order valence-corrected chi connectivity index (χ1v) is 43.1. The van der Waals surface area contributed by atoms with Crippen LogP contribution in [0.3, 0.4) is 0 Å². The molecule has 1 fully saturated rings. The second-order valence-electron chi connectivity index (χ2n) is 30.2. The minimum absolute atomic E-state index is 0.0227. The summed E-state index contributed by atoms with van der Waals surface area (Å²) in [5.41, 5.74) is 0. The summed E-state index contributed by atoms with van der Waals surface area (Å²) in [5, 5.41) is 54.5. The lowest BCUT2D eigenvalue weighted by atomic mass is 9.99. The molecule has 11 heteroatoms. The number of amides is 1. The highest BCUT2D eigenvalue weighted by Gasteiger charge is 2.44. The second kappa shape index (κ2) is 75.3. The number of hydrogen-bond donors (Lipinski definition) is 6. The van der Waals surface area contributed by atoms with Crippen LogP contribution in [0.1, 0.15) is 450 Å². The van der Waals surface area contributed by atoms with Crippen molar-refractivity contribution in [3.8, 4) is 0 Å². The van der Waals surface area contributed by atoms with Crippen LogP contribution in [-0.2, 0) is 23.8 Å². The topological polar surface area (TPSA) is 175 Å². The van der Waals surface area contributed by atoms with Crippen molar-refractivity contribution in [2.24, 2.45) is 0 Å². The van der Waals surface area contributed by atoms with Gasteiger partial charge in [0.1, 0.15) is 24.4 Å². The van der Waals surface area contributed by atoms with Crippen LogP contribution in [0.15, 0.2) is 24.3 Å². The Morgan fingerprint density at radius 2 is 0.660 bits per heavy atom. The van der Waals surface area contributed by atoms with E-state index in [2.05, 4.69) is 31.3 Å². The highest BCUT2D eigenvalue weighted by molar-refractivity contribution is 5.76. The van der Waals surface area contributed by atoms with E-state index in [4.69, 9.17) is 14.2 Å². The SMILES string of the molecule is CCCCCCCCCCC/C=C/C(O)C(COC1OC(CO)C(O)C(O)C1O)NC(=O)CCCCCCCCCCCCCCCCCCC/C=C\CCCCCCCCCCCCCCCCCCCCOC(=O)CCCCCCCCCCCCCCCCCCCCC. The van der Waals surface area contributed by atoms with Gasteiger partial charge < -0.3 is 45.1 Å². The van der Waals surface area contributed by atoms with Crippen molar-refractivity contribution in [1.29, 1.82) is 0 Å². The highest BCUT2D eigenvalue weighted by Crippen LogP contribution is 2.24. The predicted molar refractivity (Wildman–Crippen MR) is 412 cm³/mol. The standard InChI is InChI=1S/C86H165NO10/c1-3-5-7-9-11-13-15-16-17-18-40-44-47-50-54-58-62-66-70-74-82(91)95-75-71-67-63-59-55-51-48-45-42-39-37-35-33-31-29-27-25-23-21-19-20-22-24-26-28-30-32-34-36-38-41-43-46-49-53-57-61-65-69-73-81(90)87-78(77-96-86-85(94)84(93)83(92)80(76-88)97-86)79(89)72-68-64-60-56-52-14-12-10-8-6-4-2/h19-20,68,72,78-80,83-86,88-89,92-94H,3-18,21-67,69-71,73-77H2,1-2H3,(H,87,90)/b20-19-,72-68+. The number of ether oxygens (including phenoxy) is 3. The van der Waals surface area contributed by atoms with Gasteiger partial charge in [-0.05, 0) is 57.8 Å². The lowest BCUT2D eigenvalue weighted by molar-refractivity contribution is -0.302. The predicted octanol–water partition coefficient (Wildman–Crippen LogP) is 23.9. The summed E-state index contributed by atoms with van der Waals surface area (Å²) < 4.78 is 16.8. The van der Waals surface area contributed by atoms with Gasteiger partial charge in [-0.15, -0.1) is 0 Å². The summed E-state index contributed by atoms with van der Waals surface area (Å²) in [6.45, 7) is 4.40. The van der Waals surface area contributed by atoms with Gasteiger partial charge in [0.2, 0.25) is 5.91 Å². The minimum atomic E-state index is -1.57. The molecule has 1 aliphatic heterocycles. The van der Waals surface area contributed by atoms with Crippen molar-refractivity contribution >= 4 is 11.9 Å². The number of hydrogen-bond acceptors (Lipinski definition) is 10. The van der Waals surface area contributed by atoms with E-state index in [-0.39, 0.29) is 18.5 Å². The van der Waals surface area contributed by atoms with E-state index < -0.39 is 49.5 Å². The molecule has 0 saturated carbocycles. The molecule has 0 spiro atoms.